The standard InChI is InChI=1S/C18H17N3O3/c1-2-21(17(22)10-9-13-6-5-11-24-13)12-16-19-15-8-4-3-7-14(15)18(23)20-16/h3-11H,2,12H2,1H3,(H,19,20,23). The van der Waals surface area contributed by atoms with E-state index in [4.69, 9.17) is 4.42 Å². The zero-order valence-electron chi connectivity index (χ0n) is 13.2. The number of carbonyl (C=O) groups excluding carboxylic acids is 1. The van der Waals surface area contributed by atoms with Crippen LogP contribution in [-0.2, 0) is 11.3 Å². The van der Waals surface area contributed by atoms with Gasteiger partial charge in [0.2, 0.25) is 5.91 Å². The molecular weight excluding hydrogens is 306 g/mol. The molecule has 2 aromatic heterocycles. The molecule has 1 amide bonds. The lowest BCUT2D eigenvalue weighted by molar-refractivity contribution is -0.126. The molecule has 6 nitrogen and oxygen atoms in total. The number of hydrogen-bond acceptors (Lipinski definition) is 4. The average molecular weight is 323 g/mol. The van der Waals surface area contributed by atoms with Crippen molar-refractivity contribution in [3.8, 4) is 0 Å². The number of para-hydroxylation sites is 1. The van der Waals surface area contributed by atoms with Gasteiger partial charge in [0.1, 0.15) is 11.6 Å². The molecule has 3 aromatic rings. The predicted octanol–water partition coefficient (Wildman–Crippen LogP) is 2.58. The molecule has 1 aromatic carbocycles. The van der Waals surface area contributed by atoms with Gasteiger partial charge in [0, 0.05) is 12.6 Å². The molecule has 1 N–H and O–H groups in total. The highest BCUT2D eigenvalue weighted by atomic mass is 16.3. The molecule has 0 bridgehead atoms. The van der Waals surface area contributed by atoms with E-state index in [0.717, 1.165) is 0 Å². The number of aromatic nitrogens is 2. The fourth-order valence-corrected chi connectivity index (χ4v) is 2.38. The normalized spacial score (nSPS) is 11.2. The third-order valence-electron chi connectivity index (χ3n) is 3.63. The second kappa shape index (κ2) is 6.95. The lowest BCUT2D eigenvalue weighted by atomic mass is 10.2. The summed E-state index contributed by atoms with van der Waals surface area (Å²) in [6, 6.07) is 10.6. The molecule has 0 unspecified atom stereocenters. The average Bonchev–Trinajstić information content (AvgIpc) is 3.11. The second-order valence-electron chi connectivity index (χ2n) is 5.23. The monoisotopic (exact) mass is 323 g/mol. The first kappa shape index (κ1) is 15.7. The number of furan rings is 1. The number of nitrogens with zero attached hydrogens (tertiary/aromatic N) is 2. The van der Waals surface area contributed by atoms with E-state index in [1.165, 1.54) is 6.08 Å². The van der Waals surface area contributed by atoms with E-state index in [9.17, 15) is 9.59 Å². The Hall–Kier alpha value is -3.15. The van der Waals surface area contributed by atoms with E-state index in [-0.39, 0.29) is 18.0 Å². The van der Waals surface area contributed by atoms with Gasteiger partial charge in [-0.15, -0.1) is 0 Å². The third-order valence-corrected chi connectivity index (χ3v) is 3.63. The summed E-state index contributed by atoms with van der Waals surface area (Å²) in [6.45, 7) is 2.60. The molecule has 0 spiro atoms. The largest absolute Gasteiger partial charge is 0.465 e. The number of carbonyl (C=O) groups is 1. The minimum atomic E-state index is -0.203. The summed E-state index contributed by atoms with van der Waals surface area (Å²) < 4.78 is 5.16. The lowest BCUT2D eigenvalue weighted by Crippen LogP contribution is -2.30. The first-order valence-electron chi connectivity index (χ1n) is 7.66. The molecule has 0 saturated heterocycles. The van der Waals surface area contributed by atoms with Crippen LogP contribution in [0.15, 0.2) is 57.9 Å². The van der Waals surface area contributed by atoms with Crippen LogP contribution in [0.3, 0.4) is 0 Å². The van der Waals surface area contributed by atoms with E-state index in [1.54, 1.807) is 47.6 Å². The minimum Gasteiger partial charge on any atom is -0.465 e. The third kappa shape index (κ3) is 3.43. The molecule has 0 atom stereocenters. The summed E-state index contributed by atoms with van der Waals surface area (Å²) in [5.41, 5.74) is 0.413. The van der Waals surface area contributed by atoms with Crippen molar-refractivity contribution in [3.05, 3.63) is 70.7 Å². The van der Waals surface area contributed by atoms with Crippen molar-refractivity contribution < 1.29 is 9.21 Å². The smallest absolute Gasteiger partial charge is 0.258 e. The zero-order chi connectivity index (χ0) is 16.9. The quantitative estimate of drug-likeness (QED) is 0.732. The number of benzene rings is 1. The molecule has 0 saturated carbocycles. The maximum Gasteiger partial charge on any atom is 0.258 e. The molecule has 24 heavy (non-hydrogen) atoms. The van der Waals surface area contributed by atoms with Crippen LogP contribution in [0.4, 0.5) is 0 Å². The van der Waals surface area contributed by atoms with Crippen molar-refractivity contribution >= 4 is 22.9 Å². The molecule has 0 fully saturated rings. The Bertz CT molecular complexity index is 926. The van der Waals surface area contributed by atoms with E-state index >= 15 is 0 Å². The summed E-state index contributed by atoms with van der Waals surface area (Å²) >= 11 is 0. The number of hydrogen-bond donors (Lipinski definition) is 1. The number of rotatable bonds is 5. The lowest BCUT2D eigenvalue weighted by Gasteiger charge is -2.18. The number of nitrogens with one attached hydrogen (secondary N) is 1. The Morgan fingerprint density at radius 3 is 2.88 bits per heavy atom. The van der Waals surface area contributed by atoms with Gasteiger partial charge >= 0.3 is 0 Å². The molecule has 3 rings (SSSR count). The van der Waals surface area contributed by atoms with Crippen LogP contribution in [0, 0.1) is 0 Å². The van der Waals surface area contributed by atoms with Crippen LogP contribution >= 0.6 is 0 Å². The Morgan fingerprint density at radius 1 is 1.29 bits per heavy atom. The Balaban J connectivity index is 1.80. The number of amides is 1. The van der Waals surface area contributed by atoms with E-state index in [0.29, 0.717) is 29.0 Å². The van der Waals surface area contributed by atoms with Crippen LogP contribution < -0.4 is 5.56 Å². The number of fused-ring (bicyclic) bond motifs is 1. The van der Waals surface area contributed by atoms with Crippen molar-refractivity contribution in [2.45, 2.75) is 13.5 Å². The highest BCUT2D eigenvalue weighted by Crippen LogP contribution is 2.08. The zero-order valence-corrected chi connectivity index (χ0v) is 13.2. The molecule has 0 aliphatic heterocycles. The Kier molecular flexibility index (Phi) is 4.56. The second-order valence-corrected chi connectivity index (χ2v) is 5.23. The van der Waals surface area contributed by atoms with Crippen molar-refractivity contribution in [3.63, 3.8) is 0 Å². The van der Waals surface area contributed by atoms with Crippen LogP contribution in [0.1, 0.15) is 18.5 Å². The van der Waals surface area contributed by atoms with Crippen molar-refractivity contribution in [2.24, 2.45) is 0 Å². The van der Waals surface area contributed by atoms with Crippen molar-refractivity contribution in [2.75, 3.05) is 6.54 Å². The number of likely N-dealkylation sites (N-methyl/N-ethyl adjacent to an activating group) is 1. The summed E-state index contributed by atoms with van der Waals surface area (Å²) in [7, 11) is 0. The van der Waals surface area contributed by atoms with Gasteiger partial charge < -0.3 is 14.3 Å². The van der Waals surface area contributed by atoms with Gasteiger partial charge in [0.15, 0.2) is 0 Å². The maximum atomic E-state index is 12.3. The maximum absolute atomic E-state index is 12.3. The summed E-state index contributed by atoms with van der Waals surface area (Å²) in [4.78, 5) is 33.1. The van der Waals surface area contributed by atoms with E-state index in [1.807, 2.05) is 13.0 Å². The highest BCUT2D eigenvalue weighted by molar-refractivity contribution is 5.91. The van der Waals surface area contributed by atoms with Crippen LogP contribution in [0.5, 0.6) is 0 Å². The number of H-pyrrole nitrogens is 1. The highest BCUT2D eigenvalue weighted by Gasteiger charge is 2.12. The Labute approximate surface area is 138 Å². The summed E-state index contributed by atoms with van der Waals surface area (Å²) in [5, 5.41) is 0.536. The van der Waals surface area contributed by atoms with Gasteiger partial charge in [-0.2, -0.15) is 0 Å². The molecular formula is C18H17N3O3. The van der Waals surface area contributed by atoms with E-state index < -0.39 is 0 Å². The first-order chi connectivity index (χ1) is 11.7. The van der Waals surface area contributed by atoms with Gasteiger partial charge in [-0.3, -0.25) is 9.59 Å². The van der Waals surface area contributed by atoms with Crippen molar-refractivity contribution in [1.82, 2.24) is 14.9 Å². The Morgan fingerprint density at radius 2 is 2.12 bits per heavy atom. The SMILES string of the molecule is CCN(Cc1nc2ccccc2c(=O)[nH]1)C(=O)C=Cc1ccco1. The molecule has 0 aliphatic carbocycles. The summed E-state index contributed by atoms with van der Waals surface area (Å²) in [6.07, 6.45) is 4.61. The van der Waals surface area contributed by atoms with E-state index in [2.05, 4.69) is 9.97 Å². The molecule has 0 radical (unpaired) electrons. The molecule has 6 heteroatoms. The van der Waals surface area contributed by atoms with Gasteiger partial charge in [-0.1, -0.05) is 12.1 Å². The van der Waals surface area contributed by atoms with Crippen LogP contribution in [0.25, 0.3) is 17.0 Å². The van der Waals surface area contributed by atoms with Gasteiger partial charge in [-0.05, 0) is 37.3 Å². The fraction of sp³-hybridized carbons (Fsp3) is 0.167. The minimum absolute atomic E-state index is 0.176. The predicted molar refractivity (Wildman–Crippen MR) is 91.2 cm³/mol. The van der Waals surface area contributed by atoms with Crippen LogP contribution in [0.2, 0.25) is 0 Å². The van der Waals surface area contributed by atoms with Crippen LogP contribution in [-0.4, -0.2) is 27.3 Å². The summed E-state index contributed by atoms with van der Waals surface area (Å²) in [5.74, 6) is 0.890. The topological polar surface area (TPSA) is 79.2 Å². The van der Waals surface area contributed by atoms with Crippen molar-refractivity contribution in [1.29, 1.82) is 0 Å². The fourth-order valence-electron chi connectivity index (χ4n) is 2.38. The molecule has 0 aliphatic rings. The molecule has 122 valence electrons. The number of aromatic amines is 1. The van der Waals surface area contributed by atoms with Gasteiger partial charge in [0.05, 0.1) is 23.7 Å². The molecule has 2 heterocycles. The first-order valence-corrected chi connectivity index (χ1v) is 7.66. The van der Waals surface area contributed by atoms with Gasteiger partial charge in [-0.25, -0.2) is 4.98 Å². The van der Waals surface area contributed by atoms with Gasteiger partial charge in [0.25, 0.3) is 5.56 Å².